The summed E-state index contributed by atoms with van der Waals surface area (Å²) in [4.78, 5) is 50.6. The molecule has 0 saturated carbocycles. The van der Waals surface area contributed by atoms with Crippen molar-refractivity contribution in [1.29, 1.82) is 0 Å². The molecule has 16 heteroatoms. The number of aliphatic carboxylic acids is 2. The SMILES string of the molecule is NC(N)=NCCC[C@H](NC(=O)c1cccn(C(c2ccc(F)cc2)c2ccc(F)cc2)c1=O)C(=O)O.O=C(O)C(F)(F)F. The van der Waals surface area contributed by atoms with Gasteiger partial charge in [0.25, 0.3) is 11.5 Å². The molecule has 11 nitrogen and oxygen atoms in total. The van der Waals surface area contributed by atoms with Crippen LogP contribution in [0.15, 0.2) is 76.6 Å². The standard InChI is InChI=1S/C25H25F2N5O4.C2HF3O2/c26-17-9-5-15(6-10-17)21(16-7-11-18(27)12-8-16)32-14-2-3-19(23(32)34)22(33)31-20(24(35)36)4-1-13-30-25(28)29;3-2(4,5)1(6)7/h2-3,5-12,14,20-21H,1,4,13H2,(H,31,33)(H,35,36)(H4,28,29,30);(H,6,7)/t20-;/m0./s1. The van der Waals surface area contributed by atoms with Crippen molar-refractivity contribution in [3.63, 3.8) is 0 Å². The number of aliphatic imine (C=N–C) groups is 1. The highest BCUT2D eigenvalue weighted by Crippen LogP contribution is 2.26. The number of hydrogen-bond acceptors (Lipinski definition) is 5. The lowest BCUT2D eigenvalue weighted by Crippen LogP contribution is -2.43. The summed E-state index contributed by atoms with van der Waals surface area (Å²) in [6, 6.07) is 11.5. The lowest BCUT2D eigenvalue weighted by molar-refractivity contribution is -0.192. The van der Waals surface area contributed by atoms with Gasteiger partial charge in [0.05, 0.1) is 6.04 Å². The molecule has 7 N–H and O–H groups in total. The van der Waals surface area contributed by atoms with Crippen molar-refractivity contribution in [2.75, 3.05) is 6.54 Å². The summed E-state index contributed by atoms with van der Waals surface area (Å²) in [5.74, 6) is -5.99. The van der Waals surface area contributed by atoms with E-state index in [9.17, 15) is 41.4 Å². The molecule has 0 aliphatic heterocycles. The fourth-order valence-electron chi connectivity index (χ4n) is 3.69. The fraction of sp³-hybridized carbons (Fsp3) is 0.222. The summed E-state index contributed by atoms with van der Waals surface area (Å²) in [6.07, 6.45) is -3.32. The highest BCUT2D eigenvalue weighted by molar-refractivity contribution is 5.96. The van der Waals surface area contributed by atoms with Gasteiger partial charge in [-0.1, -0.05) is 24.3 Å². The number of nitrogens with two attached hydrogens (primary N) is 2. The molecule has 0 unspecified atom stereocenters. The van der Waals surface area contributed by atoms with E-state index < -0.39 is 53.3 Å². The molecule has 1 atom stereocenters. The third kappa shape index (κ3) is 10.2. The number of carboxylic acids is 2. The number of nitrogens with zero attached hydrogens (tertiary/aromatic N) is 2. The number of rotatable bonds is 10. The lowest BCUT2D eigenvalue weighted by Gasteiger charge is -2.22. The molecule has 0 spiro atoms. The van der Waals surface area contributed by atoms with Crippen LogP contribution >= 0.6 is 0 Å². The van der Waals surface area contributed by atoms with Crippen LogP contribution in [0.2, 0.25) is 0 Å². The van der Waals surface area contributed by atoms with Gasteiger partial charge in [-0.25, -0.2) is 18.4 Å². The summed E-state index contributed by atoms with van der Waals surface area (Å²) in [7, 11) is 0. The van der Waals surface area contributed by atoms with Gasteiger partial charge in [0.2, 0.25) is 0 Å². The van der Waals surface area contributed by atoms with Crippen LogP contribution in [0.4, 0.5) is 22.0 Å². The molecule has 1 amide bonds. The van der Waals surface area contributed by atoms with Crippen LogP contribution in [-0.4, -0.2) is 57.3 Å². The molecule has 0 saturated heterocycles. The van der Waals surface area contributed by atoms with E-state index in [1.165, 1.54) is 71.4 Å². The summed E-state index contributed by atoms with van der Waals surface area (Å²) in [6.45, 7) is 0.178. The smallest absolute Gasteiger partial charge is 0.480 e. The second-order valence-corrected chi connectivity index (χ2v) is 8.76. The van der Waals surface area contributed by atoms with Gasteiger partial charge in [-0.15, -0.1) is 0 Å². The maximum atomic E-state index is 13.6. The summed E-state index contributed by atoms with van der Waals surface area (Å²) in [5, 5.41) is 19.0. The predicted molar refractivity (Wildman–Crippen MR) is 143 cm³/mol. The number of carboxylic acid groups (broad SMARTS) is 2. The largest absolute Gasteiger partial charge is 0.490 e. The number of carbonyl (C=O) groups is 3. The quantitative estimate of drug-likeness (QED) is 0.100. The van der Waals surface area contributed by atoms with Gasteiger partial charge in [0.1, 0.15) is 23.2 Å². The molecule has 1 heterocycles. The Kier molecular flexibility index (Phi) is 11.9. The molecule has 0 fully saturated rings. The molecule has 3 aromatic rings. The van der Waals surface area contributed by atoms with Crippen molar-refractivity contribution >= 4 is 23.8 Å². The normalized spacial score (nSPS) is 11.6. The van der Waals surface area contributed by atoms with Crippen LogP contribution in [0.25, 0.3) is 0 Å². The fourth-order valence-corrected chi connectivity index (χ4v) is 3.69. The molecule has 0 radical (unpaired) electrons. The van der Waals surface area contributed by atoms with E-state index in [0.29, 0.717) is 11.1 Å². The third-order valence-electron chi connectivity index (χ3n) is 5.66. The van der Waals surface area contributed by atoms with Crippen LogP contribution in [0, 0.1) is 11.6 Å². The third-order valence-corrected chi connectivity index (χ3v) is 5.66. The van der Waals surface area contributed by atoms with Crippen molar-refractivity contribution in [3.05, 3.63) is 106 Å². The minimum absolute atomic E-state index is 0.0344. The zero-order valence-corrected chi connectivity index (χ0v) is 22.1. The molecule has 2 aromatic carbocycles. The Morgan fingerprint density at radius 1 is 0.907 bits per heavy atom. The predicted octanol–water partition coefficient (Wildman–Crippen LogP) is 2.63. The first kappa shape index (κ1) is 33.9. The molecule has 3 rings (SSSR count). The summed E-state index contributed by atoms with van der Waals surface area (Å²) in [5.41, 5.74) is 10.5. The number of halogens is 5. The van der Waals surface area contributed by atoms with Gasteiger partial charge in [-0.05, 0) is 60.4 Å². The van der Waals surface area contributed by atoms with Gasteiger partial charge in [-0.2, -0.15) is 13.2 Å². The Morgan fingerprint density at radius 2 is 1.40 bits per heavy atom. The van der Waals surface area contributed by atoms with E-state index in [0.717, 1.165) is 0 Å². The summed E-state index contributed by atoms with van der Waals surface area (Å²) < 4.78 is 60.1. The van der Waals surface area contributed by atoms with E-state index >= 15 is 0 Å². The minimum atomic E-state index is -5.08. The van der Waals surface area contributed by atoms with E-state index in [1.54, 1.807) is 0 Å². The average molecular weight is 612 g/mol. The molecule has 1 aromatic heterocycles. The van der Waals surface area contributed by atoms with Crippen LogP contribution in [-0.2, 0) is 9.59 Å². The minimum Gasteiger partial charge on any atom is -0.480 e. The molecular weight excluding hydrogens is 585 g/mol. The first-order valence-corrected chi connectivity index (χ1v) is 12.2. The second-order valence-electron chi connectivity index (χ2n) is 8.76. The molecular formula is C27H26F5N5O6. The molecule has 43 heavy (non-hydrogen) atoms. The monoisotopic (exact) mass is 611 g/mol. The van der Waals surface area contributed by atoms with Gasteiger partial charge < -0.3 is 31.6 Å². The second kappa shape index (κ2) is 15.1. The Bertz CT molecular complexity index is 1460. The zero-order valence-electron chi connectivity index (χ0n) is 22.1. The zero-order chi connectivity index (χ0) is 32.3. The Morgan fingerprint density at radius 3 is 1.81 bits per heavy atom. The highest BCUT2D eigenvalue weighted by atomic mass is 19.4. The maximum Gasteiger partial charge on any atom is 0.490 e. The van der Waals surface area contributed by atoms with Crippen molar-refractivity contribution in [3.8, 4) is 0 Å². The Balaban J connectivity index is 0.000000821. The van der Waals surface area contributed by atoms with Crippen molar-refractivity contribution in [1.82, 2.24) is 9.88 Å². The average Bonchev–Trinajstić information content (AvgIpc) is 2.93. The van der Waals surface area contributed by atoms with Gasteiger partial charge >= 0.3 is 18.1 Å². The van der Waals surface area contributed by atoms with Crippen LogP contribution < -0.4 is 22.3 Å². The number of benzene rings is 2. The first-order valence-electron chi connectivity index (χ1n) is 12.2. The van der Waals surface area contributed by atoms with Crippen molar-refractivity contribution in [2.45, 2.75) is 31.1 Å². The van der Waals surface area contributed by atoms with Crippen LogP contribution in [0.3, 0.4) is 0 Å². The number of nitrogens with one attached hydrogen (secondary N) is 1. The summed E-state index contributed by atoms with van der Waals surface area (Å²) >= 11 is 0. The number of amides is 1. The number of aromatic nitrogens is 1. The van der Waals surface area contributed by atoms with Gasteiger partial charge in [-0.3, -0.25) is 14.6 Å². The molecule has 0 aliphatic rings. The van der Waals surface area contributed by atoms with Crippen LogP contribution in [0.5, 0.6) is 0 Å². The first-order chi connectivity index (χ1) is 20.1. The van der Waals surface area contributed by atoms with E-state index in [-0.39, 0.29) is 30.9 Å². The van der Waals surface area contributed by atoms with Crippen molar-refractivity contribution < 1.29 is 46.5 Å². The number of pyridine rings is 1. The van der Waals surface area contributed by atoms with Gasteiger partial charge in [0.15, 0.2) is 5.96 Å². The van der Waals surface area contributed by atoms with Gasteiger partial charge in [0, 0.05) is 12.7 Å². The topological polar surface area (TPSA) is 190 Å². The Hall–Kier alpha value is -5.28. The number of alkyl halides is 3. The van der Waals surface area contributed by atoms with Crippen molar-refractivity contribution in [2.24, 2.45) is 16.5 Å². The molecule has 230 valence electrons. The van der Waals surface area contributed by atoms with Crippen LogP contribution in [0.1, 0.15) is 40.4 Å². The number of hydrogen-bond donors (Lipinski definition) is 5. The highest BCUT2D eigenvalue weighted by Gasteiger charge is 2.38. The molecule has 0 bridgehead atoms. The van der Waals surface area contributed by atoms with E-state index in [4.69, 9.17) is 21.4 Å². The van der Waals surface area contributed by atoms with E-state index in [2.05, 4.69) is 10.3 Å². The Labute approximate surface area is 240 Å². The number of carbonyl (C=O) groups excluding carboxylic acids is 1. The molecule has 0 aliphatic carbocycles. The number of guanidine groups is 1. The lowest BCUT2D eigenvalue weighted by atomic mass is 9.98. The van der Waals surface area contributed by atoms with E-state index in [1.807, 2.05) is 0 Å². The maximum absolute atomic E-state index is 13.6.